The van der Waals surface area contributed by atoms with E-state index in [9.17, 15) is 9.90 Å². The SMILES string of the molecule is CC/C(=N\N=C\c1ccccc1O)c1c(C)[nH]n(-c2ccccc2)c1=O. The summed E-state index contributed by atoms with van der Waals surface area (Å²) < 4.78 is 1.50. The van der Waals surface area contributed by atoms with Crippen molar-refractivity contribution in [1.82, 2.24) is 9.78 Å². The molecule has 0 bridgehead atoms. The van der Waals surface area contributed by atoms with E-state index in [4.69, 9.17) is 0 Å². The van der Waals surface area contributed by atoms with Crippen molar-refractivity contribution in [3.05, 3.63) is 81.8 Å². The average molecular weight is 348 g/mol. The Labute approximate surface area is 151 Å². The number of hydrogen-bond acceptors (Lipinski definition) is 4. The maximum atomic E-state index is 12.8. The van der Waals surface area contributed by atoms with Crippen LogP contribution >= 0.6 is 0 Å². The summed E-state index contributed by atoms with van der Waals surface area (Å²) in [6, 6.07) is 16.2. The van der Waals surface area contributed by atoms with E-state index in [0.717, 1.165) is 11.4 Å². The Balaban J connectivity index is 1.97. The monoisotopic (exact) mass is 348 g/mol. The van der Waals surface area contributed by atoms with Crippen molar-refractivity contribution in [1.29, 1.82) is 0 Å². The van der Waals surface area contributed by atoms with E-state index in [2.05, 4.69) is 15.3 Å². The van der Waals surface area contributed by atoms with Crippen molar-refractivity contribution in [3.63, 3.8) is 0 Å². The first-order valence-corrected chi connectivity index (χ1v) is 8.37. The molecule has 0 unspecified atom stereocenters. The second-order valence-electron chi connectivity index (χ2n) is 5.79. The van der Waals surface area contributed by atoms with Gasteiger partial charge in [-0.3, -0.25) is 9.89 Å². The molecule has 0 spiro atoms. The standard InChI is InChI=1S/C20H20N4O2/c1-3-17(22-21-13-15-9-7-8-12-18(15)25)19-14(2)23-24(20(19)26)16-10-5-4-6-11-16/h4-13,23,25H,3H2,1-2H3/b21-13+,22-17+. The number of H-pyrrole nitrogens is 1. The van der Waals surface area contributed by atoms with Gasteiger partial charge in [-0.2, -0.15) is 10.2 Å². The van der Waals surface area contributed by atoms with Crippen LogP contribution in [0.1, 0.15) is 30.2 Å². The van der Waals surface area contributed by atoms with Gasteiger partial charge in [0.25, 0.3) is 5.56 Å². The van der Waals surface area contributed by atoms with Crippen LogP contribution in [0.2, 0.25) is 0 Å². The van der Waals surface area contributed by atoms with Crippen LogP contribution in [0.3, 0.4) is 0 Å². The summed E-state index contributed by atoms with van der Waals surface area (Å²) in [7, 11) is 0. The molecule has 6 nitrogen and oxygen atoms in total. The summed E-state index contributed by atoms with van der Waals surface area (Å²) in [4.78, 5) is 12.8. The minimum absolute atomic E-state index is 0.133. The van der Waals surface area contributed by atoms with Gasteiger partial charge >= 0.3 is 0 Å². The van der Waals surface area contributed by atoms with Crippen LogP contribution in [-0.2, 0) is 0 Å². The van der Waals surface area contributed by atoms with Crippen LogP contribution in [0.4, 0.5) is 0 Å². The average Bonchev–Trinajstić information content (AvgIpc) is 2.96. The van der Waals surface area contributed by atoms with Gasteiger partial charge in [-0.15, -0.1) is 0 Å². The van der Waals surface area contributed by atoms with Gasteiger partial charge in [0.2, 0.25) is 0 Å². The Hall–Kier alpha value is -3.41. The molecule has 0 aliphatic carbocycles. The Morgan fingerprint density at radius 3 is 2.54 bits per heavy atom. The molecule has 2 N–H and O–H groups in total. The molecule has 0 aliphatic rings. The van der Waals surface area contributed by atoms with Gasteiger partial charge in [0, 0.05) is 11.3 Å². The number of aromatic amines is 1. The molecule has 0 amide bonds. The molecule has 3 rings (SSSR count). The van der Waals surface area contributed by atoms with Crippen LogP contribution in [0.15, 0.2) is 69.6 Å². The highest BCUT2D eigenvalue weighted by Crippen LogP contribution is 2.13. The minimum Gasteiger partial charge on any atom is -0.507 e. The highest BCUT2D eigenvalue weighted by atomic mass is 16.3. The van der Waals surface area contributed by atoms with E-state index in [1.165, 1.54) is 10.9 Å². The van der Waals surface area contributed by atoms with E-state index >= 15 is 0 Å². The molecule has 1 aromatic heterocycles. The molecule has 132 valence electrons. The summed E-state index contributed by atoms with van der Waals surface area (Å²) in [5, 5.41) is 21.1. The number of nitrogens with zero attached hydrogens (tertiary/aromatic N) is 3. The second kappa shape index (κ2) is 7.65. The topological polar surface area (TPSA) is 82.7 Å². The Morgan fingerprint density at radius 1 is 1.15 bits per heavy atom. The van der Waals surface area contributed by atoms with Crippen LogP contribution in [0.25, 0.3) is 5.69 Å². The molecule has 1 heterocycles. The molecule has 26 heavy (non-hydrogen) atoms. The summed E-state index contributed by atoms with van der Waals surface area (Å²) in [6.45, 7) is 3.77. The predicted octanol–water partition coefficient (Wildman–Crippen LogP) is 3.41. The normalized spacial score (nSPS) is 12.0. The smallest absolute Gasteiger partial charge is 0.280 e. The number of aromatic nitrogens is 2. The molecule has 2 aromatic carbocycles. The van der Waals surface area contributed by atoms with Crippen LogP contribution in [0, 0.1) is 6.92 Å². The quantitative estimate of drug-likeness (QED) is 0.547. The zero-order valence-electron chi connectivity index (χ0n) is 14.7. The van der Waals surface area contributed by atoms with Gasteiger partial charge in [-0.25, -0.2) is 4.68 Å². The number of aromatic hydroxyl groups is 1. The van der Waals surface area contributed by atoms with E-state index in [0.29, 0.717) is 23.3 Å². The number of benzene rings is 2. The van der Waals surface area contributed by atoms with Gasteiger partial charge in [-0.05, 0) is 37.6 Å². The molecule has 3 aromatic rings. The lowest BCUT2D eigenvalue weighted by molar-refractivity contribution is 0.474. The van der Waals surface area contributed by atoms with Crippen LogP contribution < -0.4 is 5.56 Å². The number of phenols is 1. The molecule has 0 saturated heterocycles. The first-order valence-electron chi connectivity index (χ1n) is 8.37. The number of hydrogen-bond donors (Lipinski definition) is 2. The van der Waals surface area contributed by atoms with Crippen molar-refractivity contribution >= 4 is 11.9 Å². The van der Waals surface area contributed by atoms with Gasteiger partial charge in [0.1, 0.15) is 5.75 Å². The van der Waals surface area contributed by atoms with Gasteiger partial charge in [0.05, 0.1) is 23.2 Å². The predicted molar refractivity (Wildman–Crippen MR) is 104 cm³/mol. The summed E-state index contributed by atoms with van der Waals surface area (Å²) in [5.74, 6) is 0.133. The molecular formula is C20H20N4O2. The van der Waals surface area contributed by atoms with Gasteiger partial charge < -0.3 is 5.11 Å². The van der Waals surface area contributed by atoms with Crippen molar-refractivity contribution in [2.75, 3.05) is 0 Å². The minimum atomic E-state index is -0.160. The fourth-order valence-corrected chi connectivity index (χ4v) is 2.70. The number of nitrogens with one attached hydrogen (secondary N) is 1. The fraction of sp³-hybridized carbons (Fsp3) is 0.150. The van der Waals surface area contributed by atoms with E-state index in [-0.39, 0.29) is 11.3 Å². The lowest BCUT2D eigenvalue weighted by atomic mass is 10.1. The third-order valence-electron chi connectivity index (χ3n) is 4.02. The van der Waals surface area contributed by atoms with Gasteiger partial charge in [-0.1, -0.05) is 37.3 Å². The van der Waals surface area contributed by atoms with Crippen molar-refractivity contribution in [2.24, 2.45) is 10.2 Å². The van der Waals surface area contributed by atoms with E-state index in [1.807, 2.05) is 44.2 Å². The molecule has 0 radical (unpaired) electrons. The molecule has 0 saturated carbocycles. The molecule has 6 heteroatoms. The number of rotatable bonds is 5. The molecule has 0 aliphatic heterocycles. The van der Waals surface area contributed by atoms with Crippen LogP contribution in [0.5, 0.6) is 5.75 Å². The number of aryl methyl sites for hydroxylation is 1. The second-order valence-corrected chi connectivity index (χ2v) is 5.79. The highest BCUT2D eigenvalue weighted by molar-refractivity contribution is 6.01. The Kier molecular flexibility index (Phi) is 5.12. The largest absolute Gasteiger partial charge is 0.507 e. The Morgan fingerprint density at radius 2 is 1.85 bits per heavy atom. The third-order valence-corrected chi connectivity index (χ3v) is 4.02. The van der Waals surface area contributed by atoms with E-state index < -0.39 is 0 Å². The molecule has 0 atom stereocenters. The maximum absolute atomic E-state index is 12.8. The third kappa shape index (κ3) is 3.49. The molecule has 0 fully saturated rings. The zero-order valence-corrected chi connectivity index (χ0v) is 14.7. The first-order chi connectivity index (χ1) is 12.6. The number of phenolic OH excluding ortho intramolecular Hbond substituents is 1. The lowest BCUT2D eigenvalue weighted by Crippen LogP contribution is -2.20. The van der Waals surface area contributed by atoms with Crippen LogP contribution in [-0.4, -0.2) is 26.8 Å². The zero-order chi connectivity index (χ0) is 18.5. The fourth-order valence-electron chi connectivity index (χ4n) is 2.70. The first kappa shape index (κ1) is 17.4. The van der Waals surface area contributed by atoms with Crippen molar-refractivity contribution in [2.45, 2.75) is 20.3 Å². The summed E-state index contributed by atoms with van der Waals surface area (Å²) in [6.07, 6.45) is 2.03. The van der Waals surface area contributed by atoms with Crippen molar-refractivity contribution < 1.29 is 5.11 Å². The number of para-hydroxylation sites is 2. The lowest BCUT2D eigenvalue weighted by Gasteiger charge is -2.00. The summed E-state index contributed by atoms with van der Waals surface area (Å²) in [5.41, 5.74) is 3.01. The molecular weight excluding hydrogens is 328 g/mol. The summed E-state index contributed by atoms with van der Waals surface area (Å²) >= 11 is 0. The maximum Gasteiger partial charge on any atom is 0.280 e. The van der Waals surface area contributed by atoms with Crippen molar-refractivity contribution in [3.8, 4) is 11.4 Å². The van der Waals surface area contributed by atoms with E-state index in [1.54, 1.807) is 24.3 Å². The Bertz CT molecular complexity index is 1010. The highest BCUT2D eigenvalue weighted by Gasteiger charge is 2.16. The van der Waals surface area contributed by atoms with Gasteiger partial charge in [0.15, 0.2) is 0 Å².